The van der Waals surface area contributed by atoms with Crippen molar-refractivity contribution in [2.24, 2.45) is 0 Å². The highest BCUT2D eigenvalue weighted by molar-refractivity contribution is 8.13. The van der Waals surface area contributed by atoms with Crippen molar-refractivity contribution in [1.82, 2.24) is 9.97 Å². The molecule has 0 amide bonds. The number of hydrogen-bond acceptors (Lipinski definition) is 3. The summed E-state index contributed by atoms with van der Waals surface area (Å²) in [5.41, 5.74) is 1.06. The molecule has 0 saturated heterocycles. The molecule has 1 aromatic heterocycles. The Kier molecular flexibility index (Phi) is 2.17. The van der Waals surface area contributed by atoms with Gasteiger partial charge in [-0.1, -0.05) is 11.6 Å². The Labute approximate surface area is 89.3 Å². The van der Waals surface area contributed by atoms with Gasteiger partial charge in [0.25, 0.3) is 9.05 Å². The van der Waals surface area contributed by atoms with E-state index >= 15 is 0 Å². The predicted molar refractivity (Wildman–Crippen MR) is 54.1 cm³/mol. The van der Waals surface area contributed by atoms with Crippen LogP contribution in [0.5, 0.6) is 0 Å². The fourth-order valence-electron chi connectivity index (χ4n) is 1.14. The first kappa shape index (κ1) is 9.76. The first-order chi connectivity index (χ1) is 6.50. The molecule has 0 aliphatic rings. The number of benzene rings is 1. The van der Waals surface area contributed by atoms with Crippen LogP contribution in [0.25, 0.3) is 11.0 Å². The van der Waals surface area contributed by atoms with Crippen LogP contribution in [0.15, 0.2) is 23.4 Å². The molecule has 2 aromatic rings. The summed E-state index contributed by atoms with van der Waals surface area (Å²) in [4.78, 5) is 6.56. The van der Waals surface area contributed by atoms with Gasteiger partial charge in [0.05, 0.1) is 16.9 Å². The maximum Gasteiger partial charge on any atom is 0.262 e. The molecule has 0 unspecified atom stereocenters. The minimum atomic E-state index is -3.82. The van der Waals surface area contributed by atoms with Gasteiger partial charge in [-0.15, -0.1) is 0 Å². The maximum absolute atomic E-state index is 11.1. The minimum Gasteiger partial charge on any atom is -0.345 e. The second-order valence-electron chi connectivity index (χ2n) is 2.61. The van der Waals surface area contributed by atoms with Gasteiger partial charge in [-0.25, -0.2) is 13.4 Å². The molecule has 7 heteroatoms. The second-order valence-corrected chi connectivity index (χ2v) is 5.53. The summed E-state index contributed by atoms with van der Waals surface area (Å²) < 4.78 is 22.1. The second kappa shape index (κ2) is 3.12. The van der Waals surface area contributed by atoms with Gasteiger partial charge in [0.15, 0.2) is 0 Å². The van der Waals surface area contributed by atoms with E-state index in [9.17, 15) is 8.42 Å². The summed E-state index contributed by atoms with van der Waals surface area (Å²) in [7, 11) is 1.36. The molecule has 14 heavy (non-hydrogen) atoms. The number of imidazole rings is 1. The van der Waals surface area contributed by atoms with Crippen LogP contribution in [-0.2, 0) is 9.05 Å². The van der Waals surface area contributed by atoms with E-state index in [1.807, 2.05) is 0 Å². The summed E-state index contributed by atoms with van der Waals surface area (Å²) in [6.45, 7) is 0. The van der Waals surface area contributed by atoms with Crippen LogP contribution >= 0.6 is 22.3 Å². The van der Waals surface area contributed by atoms with E-state index in [0.717, 1.165) is 0 Å². The van der Waals surface area contributed by atoms with Crippen LogP contribution in [0.1, 0.15) is 0 Å². The number of fused-ring (bicyclic) bond motifs is 1. The average molecular weight is 251 g/mol. The van der Waals surface area contributed by atoms with Gasteiger partial charge in [-0.05, 0) is 12.1 Å². The smallest absolute Gasteiger partial charge is 0.262 e. The van der Waals surface area contributed by atoms with E-state index in [2.05, 4.69) is 9.97 Å². The van der Waals surface area contributed by atoms with Crippen LogP contribution in [0.4, 0.5) is 0 Å². The number of hydrogen-bond donors (Lipinski definition) is 1. The molecular formula is C7H4Cl2N2O2S. The summed E-state index contributed by atoms with van der Waals surface area (Å²) >= 11 is 5.82. The van der Waals surface area contributed by atoms with E-state index in [4.69, 9.17) is 22.3 Å². The molecule has 0 atom stereocenters. The van der Waals surface area contributed by atoms with Crippen molar-refractivity contribution in [2.45, 2.75) is 4.90 Å². The molecule has 0 saturated carbocycles. The molecule has 0 spiro atoms. The third kappa shape index (κ3) is 1.47. The Bertz CT molecular complexity index is 591. The van der Waals surface area contributed by atoms with Crippen LogP contribution in [-0.4, -0.2) is 18.4 Å². The van der Waals surface area contributed by atoms with Crippen LogP contribution in [0, 0.1) is 0 Å². The fourth-order valence-corrected chi connectivity index (χ4v) is 2.71. The van der Waals surface area contributed by atoms with Gasteiger partial charge in [-0.2, -0.15) is 0 Å². The van der Waals surface area contributed by atoms with Crippen molar-refractivity contribution in [3.63, 3.8) is 0 Å². The lowest BCUT2D eigenvalue weighted by molar-refractivity contribution is 0.610. The Balaban J connectivity index is 2.88. The standard InChI is InChI=1S/C7H4Cl2N2O2S/c8-6-5(14(9,12)13)2-1-4-7(6)11-3-10-4/h1-3H,(H,10,11). The van der Waals surface area contributed by atoms with Gasteiger partial charge in [-0.3, -0.25) is 0 Å². The number of aromatic nitrogens is 2. The van der Waals surface area contributed by atoms with Crippen LogP contribution in [0.3, 0.4) is 0 Å². The topological polar surface area (TPSA) is 62.8 Å². The largest absolute Gasteiger partial charge is 0.345 e. The van der Waals surface area contributed by atoms with Gasteiger partial charge in [0.2, 0.25) is 0 Å². The van der Waals surface area contributed by atoms with E-state index in [0.29, 0.717) is 11.0 Å². The van der Waals surface area contributed by atoms with E-state index in [-0.39, 0.29) is 9.92 Å². The maximum atomic E-state index is 11.1. The number of H-pyrrole nitrogens is 1. The first-order valence-electron chi connectivity index (χ1n) is 3.56. The molecule has 0 fully saturated rings. The highest BCUT2D eigenvalue weighted by Gasteiger charge is 2.17. The monoisotopic (exact) mass is 250 g/mol. The highest BCUT2D eigenvalue weighted by Crippen LogP contribution is 2.30. The normalized spacial score (nSPS) is 12.1. The third-order valence-corrected chi connectivity index (χ3v) is 3.62. The Morgan fingerprint density at radius 2 is 2.07 bits per heavy atom. The van der Waals surface area contributed by atoms with E-state index in [1.54, 1.807) is 6.07 Å². The summed E-state index contributed by atoms with van der Waals surface area (Å²) in [5.74, 6) is 0. The number of nitrogens with one attached hydrogen (secondary N) is 1. The molecule has 0 radical (unpaired) electrons. The Morgan fingerprint density at radius 1 is 1.36 bits per heavy atom. The Morgan fingerprint density at radius 3 is 2.71 bits per heavy atom. The van der Waals surface area contributed by atoms with Gasteiger partial charge in [0.1, 0.15) is 10.4 Å². The summed E-state index contributed by atoms with van der Waals surface area (Å²) in [6, 6.07) is 2.90. The molecule has 0 bridgehead atoms. The van der Waals surface area contributed by atoms with Crippen molar-refractivity contribution < 1.29 is 8.42 Å². The minimum absolute atomic E-state index is 0.0405. The van der Waals surface area contributed by atoms with E-state index < -0.39 is 9.05 Å². The van der Waals surface area contributed by atoms with Crippen molar-refractivity contribution in [1.29, 1.82) is 0 Å². The van der Waals surface area contributed by atoms with Gasteiger partial charge >= 0.3 is 0 Å². The van der Waals surface area contributed by atoms with Gasteiger partial charge in [0, 0.05) is 10.7 Å². The lowest BCUT2D eigenvalue weighted by atomic mass is 10.3. The van der Waals surface area contributed by atoms with Crippen molar-refractivity contribution in [2.75, 3.05) is 0 Å². The zero-order valence-electron chi connectivity index (χ0n) is 6.66. The van der Waals surface area contributed by atoms with Crippen LogP contribution in [0.2, 0.25) is 5.02 Å². The summed E-state index contributed by atoms with van der Waals surface area (Å²) in [6.07, 6.45) is 1.43. The van der Waals surface area contributed by atoms with Crippen molar-refractivity contribution in [3.8, 4) is 0 Å². The van der Waals surface area contributed by atoms with Crippen LogP contribution < -0.4 is 0 Å². The summed E-state index contributed by atoms with van der Waals surface area (Å²) in [5, 5.41) is 0.0405. The number of halogens is 2. The predicted octanol–water partition coefficient (Wildman–Crippen LogP) is 2.14. The molecule has 2 rings (SSSR count). The number of rotatable bonds is 1. The molecule has 1 heterocycles. The highest BCUT2D eigenvalue weighted by atomic mass is 35.7. The zero-order valence-corrected chi connectivity index (χ0v) is 8.99. The molecular weight excluding hydrogens is 247 g/mol. The Hall–Kier alpha value is -0.780. The fraction of sp³-hybridized carbons (Fsp3) is 0. The molecule has 0 aliphatic carbocycles. The number of nitrogens with zero attached hydrogens (tertiary/aromatic N) is 1. The average Bonchev–Trinajstić information content (AvgIpc) is 2.50. The molecule has 0 aliphatic heterocycles. The van der Waals surface area contributed by atoms with E-state index in [1.165, 1.54) is 12.4 Å². The van der Waals surface area contributed by atoms with Gasteiger partial charge < -0.3 is 4.98 Å². The lowest BCUT2D eigenvalue weighted by Gasteiger charge is -1.99. The molecule has 4 nitrogen and oxygen atoms in total. The third-order valence-electron chi connectivity index (χ3n) is 1.76. The molecule has 1 aromatic carbocycles. The number of aromatic amines is 1. The van der Waals surface area contributed by atoms with Crippen molar-refractivity contribution in [3.05, 3.63) is 23.5 Å². The quantitative estimate of drug-likeness (QED) is 0.790. The first-order valence-corrected chi connectivity index (χ1v) is 6.25. The zero-order chi connectivity index (χ0) is 10.3. The van der Waals surface area contributed by atoms with Crippen molar-refractivity contribution >= 4 is 42.4 Å². The molecule has 1 N–H and O–H groups in total. The molecule has 74 valence electrons. The lowest BCUT2D eigenvalue weighted by Crippen LogP contribution is -1.92. The SMILES string of the molecule is O=S(=O)(Cl)c1ccc2[nH]cnc2c1Cl.